The lowest BCUT2D eigenvalue weighted by atomic mass is 10.1. The van der Waals surface area contributed by atoms with Crippen LogP contribution in [0.2, 0.25) is 266 Å². The van der Waals surface area contributed by atoms with E-state index in [0.29, 0.717) is 12.0 Å². The largest absolute Gasteiger partial charge is 0.462 e. The first-order chi connectivity index (χ1) is 36.2. The van der Waals surface area contributed by atoms with Crippen molar-refractivity contribution in [1.82, 2.24) is 0 Å². The highest BCUT2D eigenvalue weighted by Crippen LogP contribution is 2.51. The van der Waals surface area contributed by atoms with E-state index in [-0.39, 0.29) is 12.6 Å². The van der Waals surface area contributed by atoms with Crippen molar-refractivity contribution < 1.29 is 63.0 Å². The lowest BCUT2D eigenvalue weighted by Gasteiger charge is -2.55. The van der Waals surface area contributed by atoms with Crippen LogP contribution in [0.1, 0.15) is 27.2 Å². The average molecular weight is 1440 g/mol. The number of rotatable bonds is 20. The predicted octanol–water partition coefficient (Wildman–Crippen LogP) is 17.1. The molecule has 4 fully saturated rings. The third-order valence-corrected chi connectivity index (χ3v) is 90.6. The van der Waals surface area contributed by atoms with Gasteiger partial charge in [-0.25, -0.2) is 4.79 Å². The van der Waals surface area contributed by atoms with Crippen LogP contribution in [-0.2, 0) is 63.0 Å². The summed E-state index contributed by atoms with van der Waals surface area (Å²) in [5.74, 6) is -0.378. The highest BCUT2D eigenvalue weighted by atomic mass is 28.5. The topological polar surface area (TPSA) is 146 Å². The Bertz CT molecular complexity index is 2230. The number of esters is 1. The fourth-order valence-corrected chi connectivity index (χ4v) is 117. The van der Waals surface area contributed by atoms with Crippen molar-refractivity contribution >= 4 is 150 Å². The van der Waals surface area contributed by atoms with Crippen LogP contribution >= 0.6 is 0 Å². The standard InChI is InChI=1S/C50H124O15Si17/c1-48(2)49(51)52-33-32-50(3,4)82(31)64-80(29)46-38-71(16,17)55-70(14,15)37-44-79(28,62-80)63-81(30,65-82)47-40-73(20,21)57-74(22,23)56-72(18,19)39-45-78(27)59-75(24,41-34-67(8,9)53-66(5,6)7)58-76(25)42-35-68(10,11)54-69(12,13)36-43-77(26,60-76)61-78/h1,32-47H2,2-31H3. The maximum Gasteiger partial charge on any atom is 0.333 e. The van der Waals surface area contributed by atoms with E-state index in [2.05, 4.69) is 197 Å². The minimum absolute atomic E-state index is 0.247. The quantitative estimate of drug-likeness (QED) is 0.0647. The zero-order valence-electron chi connectivity index (χ0n) is 58.1. The molecule has 0 amide bonds. The van der Waals surface area contributed by atoms with Crippen LogP contribution in [0.4, 0.5) is 0 Å². The van der Waals surface area contributed by atoms with Gasteiger partial charge in [0.1, 0.15) is 0 Å². The SMILES string of the molecule is C=C(C)C(=O)OCCC(C)(C)[Si]1(C)O[Si]2(C)CC[Si](C)(C)O[Si](C)(C)CC[Si](C)(O2)O[Si](C)(CC[Si](C)(C)O[Si](C)(C)O[Si](C)(C)CC[Si]2(C)O[Si](C)(CC[Si](C)(C)O[Si](C)(C)C)O[Si]3(C)CC[Si](C)(C)O[Si](C)(C)CC[Si](C)(O3)O2)O1. The van der Waals surface area contributed by atoms with E-state index in [4.69, 9.17) is 58.2 Å². The number of carbonyl (C=O) groups is 1. The van der Waals surface area contributed by atoms with Gasteiger partial charge in [0.2, 0.25) is 0 Å². The van der Waals surface area contributed by atoms with E-state index in [1.807, 2.05) is 0 Å². The molecule has 482 valence electrons. The van der Waals surface area contributed by atoms with Gasteiger partial charge >= 0.3 is 83.0 Å². The highest BCUT2D eigenvalue weighted by molar-refractivity contribution is 6.99. The van der Waals surface area contributed by atoms with Crippen molar-refractivity contribution in [2.45, 2.75) is 294 Å². The van der Waals surface area contributed by atoms with Crippen molar-refractivity contribution in [1.29, 1.82) is 0 Å². The summed E-state index contributed by atoms with van der Waals surface area (Å²) in [7, 11) is -42.8. The summed E-state index contributed by atoms with van der Waals surface area (Å²) in [6.07, 6.45) is 0.579. The molecular formula is C50H124O15Si17. The van der Waals surface area contributed by atoms with Gasteiger partial charge in [-0.3, -0.25) is 0 Å². The summed E-state index contributed by atoms with van der Waals surface area (Å²) in [6.45, 7) is 73.1. The van der Waals surface area contributed by atoms with Gasteiger partial charge in [0.15, 0.2) is 66.5 Å². The van der Waals surface area contributed by atoms with Gasteiger partial charge in [0.25, 0.3) is 0 Å². The summed E-state index contributed by atoms with van der Waals surface area (Å²) in [5, 5.41) is -0.458. The normalized spacial score (nSPS) is 35.5. The molecule has 0 aromatic carbocycles. The molecule has 0 saturated carbocycles. The Morgan fingerprint density at radius 2 is 0.732 bits per heavy atom. The Kier molecular flexibility index (Phi) is 24.7. The molecule has 0 aromatic heterocycles. The first-order valence-corrected chi connectivity index (χ1v) is 79.2. The number of carbonyl (C=O) groups excluding carboxylic acids is 1. The first-order valence-electron chi connectivity index (χ1n) is 31.2. The lowest BCUT2D eigenvalue weighted by molar-refractivity contribution is -0.139. The third-order valence-electron chi connectivity index (χ3n) is 17.0. The Labute approximate surface area is 520 Å². The molecule has 82 heavy (non-hydrogen) atoms. The molecule has 0 N–H and O–H groups in total. The van der Waals surface area contributed by atoms with Crippen LogP contribution in [0.5, 0.6) is 0 Å². The minimum atomic E-state index is -3.19. The van der Waals surface area contributed by atoms with Crippen molar-refractivity contribution in [2.24, 2.45) is 0 Å². The Morgan fingerprint density at radius 3 is 1.05 bits per heavy atom. The van der Waals surface area contributed by atoms with E-state index < -0.39 is 149 Å². The van der Waals surface area contributed by atoms with Gasteiger partial charge in [-0.15, -0.1) is 0 Å². The van der Waals surface area contributed by atoms with Crippen LogP contribution < -0.4 is 0 Å². The molecule has 0 spiro atoms. The van der Waals surface area contributed by atoms with E-state index in [9.17, 15) is 4.79 Å². The molecule has 8 unspecified atom stereocenters. The van der Waals surface area contributed by atoms with Crippen molar-refractivity contribution in [3.05, 3.63) is 12.2 Å². The molecule has 4 rings (SSSR count). The fourth-order valence-electron chi connectivity index (χ4n) is 13.2. The predicted molar refractivity (Wildman–Crippen MR) is 382 cm³/mol. The van der Waals surface area contributed by atoms with Crippen LogP contribution in [0.3, 0.4) is 0 Å². The minimum Gasteiger partial charge on any atom is -0.462 e. The summed E-state index contributed by atoms with van der Waals surface area (Å²) >= 11 is 0. The molecule has 32 heteroatoms. The molecule has 0 aliphatic carbocycles. The van der Waals surface area contributed by atoms with Crippen LogP contribution in [-0.4, -0.2) is 156 Å². The first kappa shape index (κ1) is 76.8. The Balaban J connectivity index is 1.63. The summed E-state index contributed by atoms with van der Waals surface area (Å²) in [4.78, 5) is 12.6. The Hall–Kier alpha value is 2.38. The maximum atomic E-state index is 12.6. The molecule has 4 aliphatic rings. The van der Waals surface area contributed by atoms with E-state index in [0.717, 1.165) is 84.6 Å². The number of hydrogen-bond acceptors (Lipinski definition) is 15. The van der Waals surface area contributed by atoms with Crippen LogP contribution in [0.25, 0.3) is 0 Å². The lowest BCUT2D eigenvalue weighted by Crippen LogP contribution is -2.70. The van der Waals surface area contributed by atoms with Gasteiger partial charge < -0.3 is 58.2 Å². The average Bonchev–Trinajstić information content (AvgIpc) is 3.21. The van der Waals surface area contributed by atoms with E-state index in [1.54, 1.807) is 6.92 Å². The summed E-state index contributed by atoms with van der Waals surface area (Å²) in [6, 6.07) is 12.6. The molecule has 8 atom stereocenters. The van der Waals surface area contributed by atoms with Gasteiger partial charge in [0.05, 0.1) is 6.61 Å². The van der Waals surface area contributed by atoms with Crippen molar-refractivity contribution in [2.75, 3.05) is 6.61 Å². The molecule has 4 saturated heterocycles. The second-order valence-corrected chi connectivity index (χ2v) is 101. The molecule has 0 aromatic rings. The van der Waals surface area contributed by atoms with Crippen LogP contribution in [0, 0.1) is 0 Å². The van der Waals surface area contributed by atoms with Gasteiger partial charge in [0, 0.05) is 10.6 Å². The summed E-state index contributed by atoms with van der Waals surface area (Å²) in [5.41, 5.74) is 0.390. The number of ether oxygens (including phenoxy) is 1. The van der Waals surface area contributed by atoms with Crippen molar-refractivity contribution in [3.63, 3.8) is 0 Å². The number of hydrogen-bond donors (Lipinski definition) is 0. The van der Waals surface area contributed by atoms with E-state index in [1.165, 1.54) is 0 Å². The molecular weight excluding hydrogens is 1320 g/mol. The molecule has 4 heterocycles. The number of fused-ring (bicyclic) bond motifs is 4. The van der Waals surface area contributed by atoms with Crippen molar-refractivity contribution in [3.8, 4) is 0 Å². The van der Waals surface area contributed by atoms with Crippen LogP contribution in [0.15, 0.2) is 12.2 Å². The zero-order chi connectivity index (χ0) is 63.4. The second-order valence-electron chi connectivity index (χ2n) is 33.1. The smallest absolute Gasteiger partial charge is 0.333 e. The highest BCUT2D eigenvalue weighted by Gasteiger charge is 2.63. The Morgan fingerprint density at radius 1 is 0.427 bits per heavy atom. The fraction of sp³-hybridized carbons (Fsp3) is 0.940. The molecule has 15 nitrogen and oxygen atoms in total. The zero-order valence-corrected chi connectivity index (χ0v) is 75.1. The monoisotopic (exact) mass is 1440 g/mol. The molecule has 4 aliphatic heterocycles. The third kappa shape index (κ3) is 24.4. The van der Waals surface area contributed by atoms with Gasteiger partial charge in [-0.1, -0.05) is 20.4 Å². The second kappa shape index (κ2) is 26.4. The molecule has 0 radical (unpaired) electrons. The summed E-state index contributed by atoms with van der Waals surface area (Å²) < 4.78 is 104. The molecule has 4 bridgehead atoms. The van der Waals surface area contributed by atoms with E-state index >= 15 is 0 Å². The van der Waals surface area contributed by atoms with Gasteiger partial charge in [-0.05, 0) is 275 Å². The van der Waals surface area contributed by atoms with Gasteiger partial charge in [-0.2, -0.15) is 0 Å². The maximum absolute atomic E-state index is 12.6.